The van der Waals surface area contributed by atoms with Crippen molar-refractivity contribution in [2.75, 3.05) is 5.73 Å². The molecular weight excluding hydrogens is 272 g/mol. The molecule has 2 atom stereocenters. The third-order valence-electron chi connectivity index (χ3n) is 4.25. The highest BCUT2D eigenvalue weighted by Crippen LogP contribution is 2.30. The Morgan fingerprint density at radius 2 is 2.05 bits per heavy atom. The van der Waals surface area contributed by atoms with Crippen molar-refractivity contribution in [3.63, 3.8) is 0 Å². The number of nitrogens with one attached hydrogen (secondary N) is 1. The summed E-state index contributed by atoms with van der Waals surface area (Å²) in [5.41, 5.74) is 6.75. The summed E-state index contributed by atoms with van der Waals surface area (Å²) in [7, 11) is 0. The van der Waals surface area contributed by atoms with Gasteiger partial charge in [0.2, 0.25) is 0 Å². The maximum atomic E-state index is 12.3. The van der Waals surface area contributed by atoms with Crippen LogP contribution in [0.1, 0.15) is 49.9 Å². The van der Waals surface area contributed by atoms with Gasteiger partial charge in [0.1, 0.15) is 0 Å². The second-order valence-electron chi connectivity index (χ2n) is 6.01. The number of amides is 1. The lowest BCUT2D eigenvalue weighted by atomic mass is 9.78. The second-order valence-corrected chi connectivity index (χ2v) is 6.42. The Kier molecular flexibility index (Phi) is 4.92. The molecule has 1 saturated carbocycles. The van der Waals surface area contributed by atoms with Gasteiger partial charge in [-0.3, -0.25) is 4.79 Å². The van der Waals surface area contributed by atoms with Gasteiger partial charge in [-0.1, -0.05) is 38.3 Å². The first-order chi connectivity index (χ1) is 9.49. The molecule has 20 heavy (non-hydrogen) atoms. The van der Waals surface area contributed by atoms with Gasteiger partial charge in [0.05, 0.1) is 10.7 Å². The lowest BCUT2D eigenvalue weighted by molar-refractivity contribution is 0.0889. The summed E-state index contributed by atoms with van der Waals surface area (Å²) in [5.74, 6) is 1.11. The molecule has 110 valence electrons. The number of halogens is 1. The molecule has 1 aromatic carbocycles. The molecule has 3 N–H and O–H groups in total. The summed E-state index contributed by atoms with van der Waals surface area (Å²) in [6, 6.07) is 5.31. The summed E-state index contributed by atoms with van der Waals surface area (Å²) in [4.78, 5) is 12.3. The Morgan fingerprint density at radius 1 is 1.35 bits per heavy atom. The lowest BCUT2D eigenvalue weighted by Crippen LogP contribution is -2.43. The van der Waals surface area contributed by atoms with Crippen molar-refractivity contribution in [2.45, 2.75) is 45.6 Å². The maximum Gasteiger partial charge on any atom is 0.251 e. The minimum absolute atomic E-state index is 0.0514. The van der Waals surface area contributed by atoms with Crippen LogP contribution in [0.3, 0.4) is 0 Å². The Balaban J connectivity index is 2.07. The van der Waals surface area contributed by atoms with Gasteiger partial charge >= 0.3 is 0 Å². The summed E-state index contributed by atoms with van der Waals surface area (Å²) in [6.45, 7) is 4.46. The molecule has 0 radical (unpaired) electrons. The van der Waals surface area contributed by atoms with E-state index in [1.807, 2.05) is 0 Å². The predicted molar refractivity (Wildman–Crippen MR) is 83.9 cm³/mol. The summed E-state index contributed by atoms with van der Waals surface area (Å²) in [6.07, 6.45) is 4.72. The van der Waals surface area contributed by atoms with Gasteiger partial charge in [-0.2, -0.15) is 0 Å². The number of hydrogen-bond donors (Lipinski definition) is 2. The monoisotopic (exact) mass is 294 g/mol. The number of carbonyl (C=O) groups excluding carboxylic acids is 1. The van der Waals surface area contributed by atoms with E-state index < -0.39 is 0 Å². The summed E-state index contributed by atoms with van der Waals surface area (Å²) >= 11 is 5.97. The molecule has 3 nitrogen and oxygen atoms in total. The number of rotatable bonds is 3. The van der Waals surface area contributed by atoms with Crippen LogP contribution in [-0.2, 0) is 0 Å². The molecule has 0 aliphatic heterocycles. The van der Waals surface area contributed by atoms with Crippen LogP contribution in [0.2, 0.25) is 5.02 Å². The topological polar surface area (TPSA) is 55.1 Å². The van der Waals surface area contributed by atoms with Crippen molar-refractivity contribution in [1.82, 2.24) is 5.32 Å². The van der Waals surface area contributed by atoms with Crippen molar-refractivity contribution in [2.24, 2.45) is 11.8 Å². The van der Waals surface area contributed by atoms with Crippen LogP contribution in [0, 0.1) is 11.8 Å². The van der Waals surface area contributed by atoms with Crippen LogP contribution in [0.4, 0.5) is 5.69 Å². The van der Waals surface area contributed by atoms with Gasteiger partial charge in [-0.05, 0) is 42.9 Å². The molecule has 0 spiro atoms. The fourth-order valence-electron chi connectivity index (χ4n) is 3.06. The van der Waals surface area contributed by atoms with E-state index in [1.165, 1.54) is 19.3 Å². The summed E-state index contributed by atoms with van der Waals surface area (Å²) in [5, 5.41) is 3.61. The van der Waals surface area contributed by atoms with E-state index in [0.717, 1.165) is 6.42 Å². The smallest absolute Gasteiger partial charge is 0.251 e. The zero-order valence-electron chi connectivity index (χ0n) is 12.2. The van der Waals surface area contributed by atoms with Gasteiger partial charge in [0.15, 0.2) is 0 Å². The standard InChI is InChI=1S/C16H23ClN2O/c1-10(2)12-5-3-4-6-15(12)19-16(20)11-7-8-14(18)13(17)9-11/h7-10,12,15H,3-6,18H2,1-2H3,(H,19,20). The zero-order chi connectivity index (χ0) is 14.7. The van der Waals surface area contributed by atoms with E-state index in [-0.39, 0.29) is 11.9 Å². The number of hydrogen-bond acceptors (Lipinski definition) is 2. The van der Waals surface area contributed by atoms with Gasteiger partial charge in [-0.15, -0.1) is 0 Å². The average molecular weight is 295 g/mol. The Morgan fingerprint density at radius 3 is 2.70 bits per heavy atom. The molecule has 4 heteroatoms. The molecule has 0 aromatic heterocycles. The van der Waals surface area contributed by atoms with Crippen LogP contribution in [0.25, 0.3) is 0 Å². The SMILES string of the molecule is CC(C)C1CCCCC1NC(=O)c1ccc(N)c(Cl)c1. The summed E-state index contributed by atoms with van der Waals surface area (Å²) < 4.78 is 0. The normalized spacial score (nSPS) is 22.8. The van der Waals surface area contributed by atoms with Crippen LogP contribution in [-0.4, -0.2) is 11.9 Å². The molecule has 1 aliphatic rings. The molecule has 1 aromatic rings. The number of anilines is 1. The predicted octanol–water partition coefficient (Wildman–Crippen LogP) is 3.87. The van der Waals surface area contributed by atoms with Crippen molar-refractivity contribution in [1.29, 1.82) is 0 Å². The van der Waals surface area contributed by atoms with Gasteiger partial charge < -0.3 is 11.1 Å². The Bertz CT molecular complexity index is 487. The van der Waals surface area contributed by atoms with E-state index in [9.17, 15) is 4.79 Å². The highest BCUT2D eigenvalue weighted by atomic mass is 35.5. The highest BCUT2D eigenvalue weighted by Gasteiger charge is 2.28. The van der Waals surface area contributed by atoms with E-state index in [2.05, 4.69) is 19.2 Å². The third kappa shape index (κ3) is 3.45. The number of benzene rings is 1. The van der Waals surface area contributed by atoms with Crippen LogP contribution in [0.15, 0.2) is 18.2 Å². The van der Waals surface area contributed by atoms with Crippen LogP contribution < -0.4 is 11.1 Å². The quantitative estimate of drug-likeness (QED) is 0.832. The van der Waals surface area contributed by atoms with Gasteiger partial charge in [-0.25, -0.2) is 0 Å². The van der Waals surface area contributed by atoms with Crippen molar-refractivity contribution in [3.8, 4) is 0 Å². The lowest BCUT2D eigenvalue weighted by Gasteiger charge is -2.34. The van der Waals surface area contributed by atoms with Crippen LogP contribution >= 0.6 is 11.6 Å². The minimum atomic E-state index is -0.0514. The van der Waals surface area contributed by atoms with E-state index in [4.69, 9.17) is 17.3 Å². The Hall–Kier alpha value is -1.22. The minimum Gasteiger partial charge on any atom is -0.398 e. The number of nitrogens with two attached hydrogens (primary N) is 1. The highest BCUT2D eigenvalue weighted by molar-refractivity contribution is 6.33. The second kappa shape index (κ2) is 6.49. The molecule has 2 rings (SSSR count). The van der Waals surface area contributed by atoms with E-state index >= 15 is 0 Å². The van der Waals surface area contributed by atoms with Gasteiger partial charge in [0, 0.05) is 11.6 Å². The first-order valence-corrected chi connectivity index (χ1v) is 7.72. The van der Waals surface area contributed by atoms with E-state index in [1.54, 1.807) is 18.2 Å². The first-order valence-electron chi connectivity index (χ1n) is 7.35. The molecule has 0 heterocycles. The Labute approximate surface area is 125 Å². The van der Waals surface area contributed by atoms with Crippen molar-refractivity contribution >= 4 is 23.2 Å². The van der Waals surface area contributed by atoms with E-state index in [0.29, 0.717) is 28.1 Å². The molecule has 1 amide bonds. The number of nitrogen functional groups attached to an aromatic ring is 1. The van der Waals surface area contributed by atoms with Crippen LogP contribution in [0.5, 0.6) is 0 Å². The molecule has 1 fully saturated rings. The van der Waals surface area contributed by atoms with Crippen molar-refractivity contribution in [3.05, 3.63) is 28.8 Å². The van der Waals surface area contributed by atoms with Crippen molar-refractivity contribution < 1.29 is 4.79 Å². The number of carbonyl (C=O) groups is 1. The molecule has 2 unspecified atom stereocenters. The molecule has 0 bridgehead atoms. The average Bonchev–Trinajstić information content (AvgIpc) is 2.42. The fraction of sp³-hybridized carbons (Fsp3) is 0.562. The van der Waals surface area contributed by atoms with Gasteiger partial charge in [0.25, 0.3) is 5.91 Å². The molecular formula is C16H23ClN2O. The fourth-order valence-corrected chi connectivity index (χ4v) is 3.24. The first kappa shape index (κ1) is 15.2. The zero-order valence-corrected chi connectivity index (χ0v) is 12.9. The molecule has 0 saturated heterocycles. The third-order valence-corrected chi connectivity index (χ3v) is 4.58. The maximum absolute atomic E-state index is 12.3. The largest absolute Gasteiger partial charge is 0.398 e. The molecule has 1 aliphatic carbocycles.